The first-order valence-corrected chi connectivity index (χ1v) is 6.17. The molecule has 0 radical (unpaired) electrons. The summed E-state index contributed by atoms with van der Waals surface area (Å²) in [6.45, 7) is -0.996. The number of carbonyl (C=O) groups is 2. The van der Waals surface area contributed by atoms with Crippen molar-refractivity contribution in [1.82, 2.24) is 0 Å². The highest BCUT2D eigenvalue weighted by Gasteiger charge is 2.44. The van der Waals surface area contributed by atoms with Gasteiger partial charge in [0.1, 0.15) is 24.4 Å². The van der Waals surface area contributed by atoms with E-state index in [1.54, 1.807) is 0 Å². The second kappa shape index (κ2) is 7.64. The van der Waals surface area contributed by atoms with Gasteiger partial charge >= 0.3 is 11.9 Å². The number of rotatable bonds is 7. The molecule has 10 heteroatoms. The Morgan fingerprint density at radius 1 is 1.05 bits per heavy atom. The summed E-state index contributed by atoms with van der Waals surface area (Å²) in [4.78, 5) is 21.3. The zero-order chi connectivity index (χ0) is 16.2. The SMILES string of the molecule is O=C(O)C(CCO[C@@H]1O[C@H](CO)[C@H](O)[C@H](O)[C@H]1O)C(=O)O. The molecular formula is C11H18O10. The number of ether oxygens (including phenoxy) is 2. The van der Waals surface area contributed by atoms with Crippen LogP contribution in [0.2, 0.25) is 0 Å². The molecule has 21 heavy (non-hydrogen) atoms. The first-order valence-electron chi connectivity index (χ1n) is 6.17. The minimum Gasteiger partial charge on any atom is -0.481 e. The highest BCUT2D eigenvalue weighted by molar-refractivity contribution is 5.92. The van der Waals surface area contributed by atoms with E-state index in [9.17, 15) is 24.9 Å². The molecule has 122 valence electrons. The maximum absolute atomic E-state index is 10.7. The van der Waals surface area contributed by atoms with Crippen LogP contribution in [0.4, 0.5) is 0 Å². The average Bonchev–Trinajstić information content (AvgIpc) is 2.42. The topological polar surface area (TPSA) is 174 Å². The highest BCUT2D eigenvalue weighted by Crippen LogP contribution is 2.22. The summed E-state index contributed by atoms with van der Waals surface area (Å²) in [6.07, 6.45) is -7.70. The minimum atomic E-state index is -1.67. The molecule has 5 atom stereocenters. The summed E-state index contributed by atoms with van der Waals surface area (Å²) < 4.78 is 10.0. The summed E-state index contributed by atoms with van der Waals surface area (Å²) in [7, 11) is 0. The van der Waals surface area contributed by atoms with Gasteiger partial charge in [-0.05, 0) is 6.42 Å². The fourth-order valence-electron chi connectivity index (χ4n) is 1.86. The molecule has 1 fully saturated rings. The smallest absolute Gasteiger partial charge is 0.317 e. The van der Waals surface area contributed by atoms with E-state index < -0.39 is 55.2 Å². The van der Waals surface area contributed by atoms with Gasteiger partial charge in [0.25, 0.3) is 0 Å². The third kappa shape index (κ3) is 4.33. The van der Waals surface area contributed by atoms with Crippen molar-refractivity contribution < 1.29 is 49.7 Å². The van der Waals surface area contributed by atoms with Crippen molar-refractivity contribution in [3.8, 4) is 0 Å². The molecule has 1 aliphatic rings. The second-order valence-electron chi connectivity index (χ2n) is 4.59. The van der Waals surface area contributed by atoms with Gasteiger partial charge < -0.3 is 40.1 Å². The molecule has 0 aromatic carbocycles. The van der Waals surface area contributed by atoms with Gasteiger partial charge in [-0.1, -0.05) is 0 Å². The van der Waals surface area contributed by atoms with Crippen LogP contribution in [0.25, 0.3) is 0 Å². The minimum absolute atomic E-state index is 0.369. The monoisotopic (exact) mass is 310 g/mol. The maximum atomic E-state index is 10.7. The Bertz CT molecular complexity index is 356. The fourth-order valence-corrected chi connectivity index (χ4v) is 1.86. The zero-order valence-electron chi connectivity index (χ0n) is 10.9. The first-order chi connectivity index (χ1) is 9.79. The first kappa shape index (κ1) is 17.8. The molecule has 6 N–H and O–H groups in total. The van der Waals surface area contributed by atoms with Gasteiger partial charge in [-0.15, -0.1) is 0 Å². The Hall–Kier alpha value is -1.30. The van der Waals surface area contributed by atoms with Crippen LogP contribution in [0, 0.1) is 5.92 Å². The molecule has 0 bridgehead atoms. The number of carboxylic acids is 2. The Kier molecular flexibility index (Phi) is 6.45. The summed E-state index contributed by atoms with van der Waals surface area (Å²) in [6, 6.07) is 0. The van der Waals surface area contributed by atoms with Crippen LogP contribution in [0.5, 0.6) is 0 Å². The Balaban J connectivity index is 2.54. The van der Waals surface area contributed by atoms with Crippen molar-refractivity contribution in [1.29, 1.82) is 0 Å². The van der Waals surface area contributed by atoms with Crippen molar-refractivity contribution in [2.75, 3.05) is 13.2 Å². The Labute approximate surface area is 119 Å². The largest absolute Gasteiger partial charge is 0.481 e. The molecule has 10 nitrogen and oxygen atoms in total. The number of aliphatic hydroxyl groups excluding tert-OH is 4. The summed E-state index contributed by atoms with van der Waals surface area (Å²) >= 11 is 0. The Morgan fingerprint density at radius 3 is 2.10 bits per heavy atom. The van der Waals surface area contributed by atoms with Crippen LogP contribution < -0.4 is 0 Å². The van der Waals surface area contributed by atoms with Crippen molar-refractivity contribution >= 4 is 11.9 Å². The van der Waals surface area contributed by atoms with Gasteiger partial charge in [-0.25, -0.2) is 0 Å². The predicted molar refractivity (Wildman–Crippen MR) is 63.1 cm³/mol. The zero-order valence-corrected chi connectivity index (χ0v) is 10.9. The lowest BCUT2D eigenvalue weighted by Crippen LogP contribution is -2.59. The molecule has 1 aliphatic heterocycles. The van der Waals surface area contributed by atoms with E-state index in [1.165, 1.54) is 0 Å². The molecule has 0 spiro atoms. The van der Waals surface area contributed by atoms with Crippen LogP contribution in [-0.2, 0) is 19.1 Å². The van der Waals surface area contributed by atoms with Gasteiger partial charge in [0.05, 0.1) is 13.2 Å². The molecule has 0 unspecified atom stereocenters. The van der Waals surface area contributed by atoms with Crippen LogP contribution in [-0.4, -0.2) is 86.5 Å². The van der Waals surface area contributed by atoms with Gasteiger partial charge in [-0.3, -0.25) is 9.59 Å². The normalized spacial score (nSPS) is 33.1. The standard InChI is InChI=1S/C11H18O10/c12-3-5-6(13)7(14)8(15)11(21-5)20-2-1-4(9(16)17)10(18)19/h4-8,11-15H,1-3H2,(H,16,17)(H,18,19)/t5-,6+,7+,8-,11-/m1/s1. The Morgan fingerprint density at radius 2 is 1.62 bits per heavy atom. The summed E-state index contributed by atoms with van der Waals surface area (Å²) in [5.74, 6) is -4.73. The van der Waals surface area contributed by atoms with E-state index in [2.05, 4.69) is 0 Å². The molecule has 1 heterocycles. The lowest BCUT2D eigenvalue weighted by atomic mass is 9.99. The van der Waals surface area contributed by atoms with Crippen LogP contribution in [0.1, 0.15) is 6.42 Å². The van der Waals surface area contributed by atoms with Crippen LogP contribution >= 0.6 is 0 Å². The molecule has 0 aromatic heterocycles. The van der Waals surface area contributed by atoms with Crippen LogP contribution in [0.15, 0.2) is 0 Å². The van der Waals surface area contributed by atoms with Crippen molar-refractivity contribution in [2.24, 2.45) is 5.92 Å². The molecule has 0 saturated carbocycles. The lowest BCUT2D eigenvalue weighted by Gasteiger charge is -2.39. The summed E-state index contributed by atoms with van der Waals surface area (Å²) in [5.41, 5.74) is 0. The van der Waals surface area contributed by atoms with E-state index in [-0.39, 0.29) is 13.0 Å². The van der Waals surface area contributed by atoms with Crippen molar-refractivity contribution in [3.05, 3.63) is 0 Å². The van der Waals surface area contributed by atoms with Gasteiger partial charge in [0.2, 0.25) is 0 Å². The highest BCUT2D eigenvalue weighted by atomic mass is 16.7. The molecular weight excluding hydrogens is 292 g/mol. The van der Waals surface area contributed by atoms with Crippen LogP contribution in [0.3, 0.4) is 0 Å². The number of aliphatic hydroxyl groups is 4. The molecule has 1 saturated heterocycles. The van der Waals surface area contributed by atoms with E-state index in [0.29, 0.717) is 0 Å². The number of hydrogen-bond donors (Lipinski definition) is 6. The van der Waals surface area contributed by atoms with E-state index in [1.807, 2.05) is 0 Å². The van der Waals surface area contributed by atoms with E-state index in [0.717, 1.165) is 0 Å². The number of carboxylic acid groups (broad SMARTS) is 2. The molecule has 0 aromatic rings. The van der Waals surface area contributed by atoms with E-state index in [4.69, 9.17) is 24.8 Å². The molecule has 1 rings (SSSR count). The quantitative estimate of drug-likeness (QED) is 0.265. The van der Waals surface area contributed by atoms with E-state index >= 15 is 0 Å². The number of hydrogen-bond acceptors (Lipinski definition) is 8. The maximum Gasteiger partial charge on any atom is 0.317 e. The molecule has 0 aliphatic carbocycles. The average molecular weight is 310 g/mol. The lowest BCUT2D eigenvalue weighted by molar-refractivity contribution is -0.301. The van der Waals surface area contributed by atoms with Crippen molar-refractivity contribution in [2.45, 2.75) is 37.1 Å². The third-order valence-corrected chi connectivity index (χ3v) is 3.13. The molecule has 0 amide bonds. The van der Waals surface area contributed by atoms with Gasteiger partial charge in [0.15, 0.2) is 12.2 Å². The fraction of sp³-hybridized carbons (Fsp3) is 0.818. The number of aliphatic carboxylic acids is 2. The van der Waals surface area contributed by atoms with Gasteiger partial charge in [0, 0.05) is 0 Å². The summed E-state index contributed by atoms with van der Waals surface area (Å²) in [5, 5.41) is 54.9. The predicted octanol–water partition coefficient (Wildman–Crippen LogP) is -3.02. The van der Waals surface area contributed by atoms with Gasteiger partial charge in [-0.2, -0.15) is 0 Å². The van der Waals surface area contributed by atoms with Crippen molar-refractivity contribution in [3.63, 3.8) is 0 Å². The second-order valence-corrected chi connectivity index (χ2v) is 4.59. The third-order valence-electron chi connectivity index (χ3n) is 3.13.